The van der Waals surface area contributed by atoms with Gasteiger partial charge in [0.05, 0.1) is 37.0 Å². The van der Waals surface area contributed by atoms with Gasteiger partial charge in [-0.1, -0.05) is 30.7 Å². The number of aromatic nitrogens is 4. The van der Waals surface area contributed by atoms with Crippen LogP contribution in [0.3, 0.4) is 0 Å². The zero-order chi connectivity index (χ0) is 29.2. The quantitative estimate of drug-likeness (QED) is 0.263. The van der Waals surface area contributed by atoms with E-state index >= 15 is 0 Å². The molecule has 4 N–H and O–H groups in total. The number of likely N-dealkylation sites (tertiary alicyclic amines) is 1. The largest absolute Gasteiger partial charge is 0.454 e. The third-order valence-electron chi connectivity index (χ3n) is 5.80. The maximum Gasteiger partial charge on any atom is 0.323 e. The molecule has 2 aromatic carbocycles. The van der Waals surface area contributed by atoms with E-state index in [1.165, 1.54) is 47.1 Å². The summed E-state index contributed by atoms with van der Waals surface area (Å²) in [5.74, 6) is -0.854. The number of β-amino-alcohol motifs (C(OH)–C–C–N with tert-alkyl or cyclic N) is 1. The van der Waals surface area contributed by atoms with Crippen LogP contribution in [0.4, 0.5) is 20.7 Å². The van der Waals surface area contributed by atoms with Gasteiger partial charge in [0.15, 0.2) is 17.3 Å². The Morgan fingerprint density at radius 1 is 1.17 bits per heavy atom. The van der Waals surface area contributed by atoms with Crippen LogP contribution >= 0.6 is 0 Å². The number of ether oxygens (including phenoxy) is 1. The first-order chi connectivity index (χ1) is 19.8. The summed E-state index contributed by atoms with van der Waals surface area (Å²) in [6, 6.07) is 16.3. The number of pyridine rings is 1. The predicted octanol–water partition coefficient (Wildman–Crippen LogP) is 4.10. The minimum absolute atomic E-state index is 0.0647. The van der Waals surface area contributed by atoms with E-state index in [9.17, 15) is 19.1 Å². The third-order valence-corrected chi connectivity index (χ3v) is 5.80. The first kappa shape index (κ1) is 28.7. The number of aromatic amines is 1. The van der Waals surface area contributed by atoms with Gasteiger partial charge in [-0.3, -0.25) is 15.2 Å². The molecule has 0 aliphatic carbocycles. The normalized spacial score (nSPS) is 12.3. The number of nitrogens with one attached hydrogen (secondary N) is 3. The molecule has 3 amide bonds. The summed E-state index contributed by atoms with van der Waals surface area (Å²) in [4.78, 5) is 29.4. The molecule has 2 aromatic heterocycles. The van der Waals surface area contributed by atoms with Crippen LogP contribution in [-0.4, -0.2) is 61.5 Å². The number of amides is 3. The van der Waals surface area contributed by atoms with Crippen molar-refractivity contribution < 1.29 is 23.8 Å². The first-order valence-electron chi connectivity index (χ1n) is 12.7. The molecule has 0 spiro atoms. The molecule has 13 heteroatoms. The number of aliphatic hydroxyl groups excluding tert-OH is 1. The Morgan fingerprint density at radius 3 is 2.59 bits per heavy atom. The van der Waals surface area contributed by atoms with E-state index in [2.05, 4.69) is 44.0 Å². The molecule has 0 atom stereocenters. The molecule has 5 rings (SSSR count). The van der Waals surface area contributed by atoms with Crippen molar-refractivity contribution in [2.24, 2.45) is 0 Å². The second kappa shape index (κ2) is 13.6. The van der Waals surface area contributed by atoms with Crippen molar-refractivity contribution in [2.45, 2.75) is 25.9 Å². The van der Waals surface area contributed by atoms with E-state index in [0.29, 0.717) is 0 Å². The number of carbonyl (C=O) groups is 2. The Morgan fingerprint density at radius 2 is 1.95 bits per heavy atom. The topological polar surface area (TPSA) is 169 Å². The number of aliphatic hydroxyl groups is 1. The monoisotopic (exact) mass is 558 g/mol. The van der Waals surface area contributed by atoms with E-state index in [4.69, 9.17) is 10.00 Å². The summed E-state index contributed by atoms with van der Waals surface area (Å²) in [6.45, 7) is 2.66. The number of rotatable bonds is 7. The molecule has 210 valence electrons. The summed E-state index contributed by atoms with van der Waals surface area (Å²) < 4.78 is 19.9. The molecule has 0 unspecified atom stereocenters. The van der Waals surface area contributed by atoms with Crippen molar-refractivity contribution in [1.82, 2.24) is 25.3 Å². The number of benzene rings is 2. The Labute approximate surface area is 234 Å². The number of hydrogen-bond acceptors (Lipinski definition) is 8. The van der Waals surface area contributed by atoms with E-state index < -0.39 is 23.9 Å². The number of H-pyrrole nitrogens is 1. The van der Waals surface area contributed by atoms with Crippen LogP contribution in [0.15, 0.2) is 67.0 Å². The highest BCUT2D eigenvalue weighted by molar-refractivity contribution is 6.02. The SMILES string of the molecule is CCCc1ccc(C#N)cc1.O=C(Nc1ccc(Oc2ccnc(NC(=O)N3CC(O)C3)c2)c(F)c1)c1c[nH]nn1. The fourth-order valence-electron chi connectivity index (χ4n) is 3.68. The minimum atomic E-state index is -0.704. The fraction of sp³-hybridized carbons (Fsp3) is 0.214. The first-order valence-corrected chi connectivity index (χ1v) is 12.7. The fourth-order valence-corrected chi connectivity index (χ4v) is 3.68. The van der Waals surface area contributed by atoms with Crippen LogP contribution in [0.2, 0.25) is 0 Å². The molecule has 1 fully saturated rings. The van der Waals surface area contributed by atoms with Gasteiger partial charge in [0.1, 0.15) is 11.6 Å². The van der Waals surface area contributed by atoms with Crippen molar-refractivity contribution in [2.75, 3.05) is 23.7 Å². The van der Waals surface area contributed by atoms with E-state index in [1.54, 1.807) is 0 Å². The van der Waals surface area contributed by atoms with Gasteiger partial charge in [0, 0.05) is 24.0 Å². The number of hydrogen-bond donors (Lipinski definition) is 4. The summed E-state index contributed by atoms with van der Waals surface area (Å²) >= 11 is 0. The van der Waals surface area contributed by atoms with Crippen molar-refractivity contribution in [3.05, 3.63) is 89.6 Å². The molecule has 1 aliphatic heterocycles. The maximum absolute atomic E-state index is 14.4. The molecule has 3 heterocycles. The van der Waals surface area contributed by atoms with Gasteiger partial charge in [0.2, 0.25) is 0 Å². The molecule has 0 saturated carbocycles. The van der Waals surface area contributed by atoms with Crippen LogP contribution in [0.1, 0.15) is 35.0 Å². The molecular weight excluding hydrogens is 531 g/mol. The molecule has 0 bridgehead atoms. The molecular formula is C28H27FN8O4. The lowest BCUT2D eigenvalue weighted by Gasteiger charge is -2.35. The van der Waals surface area contributed by atoms with Crippen LogP contribution < -0.4 is 15.4 Å². The van der Waals surface area contributed by atoms with Gasteiger partial charge in [-0.2, -0.15) is 5.26 Å². The summed E-state index contributed by atoms with van der Waals surface area (Å²) in [6.07, 6.45) is 4.47. The van der Waals surface area contributed by atoms with Crippen molar-refractivity contribution in [1.29, 1.82) is 5.26 Å². The lowest BCUT2D eigenvalue weighted by molar-refractivity contribution is 0.0308. The van der Waals surface area contributed by atoms with Gasteiger partial charge >= 0.3 is 6.03 Å². The van der Waals surface area contributed by atoms with Gasteiger partial charge in [-0.15, -0.1) is 5.10 Å². The Hall–Kier alpha value is -5.35. The summed E-state index contributed by atoms with van der Waals surface area (Å²) in [5, 5.41) is 32.3. The zero-order valence-electron chi connectivity index (χ0n) is 22.0. The van der Waals surface area contributed by atoms with Crippen molar-refractivity contribution >= 4 is 23.4 Å². The second-order valence-electron chi connectivity index (χ2n) is 8.98. The van der Waals surface area contributed by atoms with E-state index in [-0.39, 0.29) is 41.8 Å². The number of nitriles is 1. The number of nitrogens with zero attached hydrogens (tertiary/aromatic N) is 5. The standard InChI is InChI=1S/C18H16FN7O4.C10H11N/c19-13-5-10(22-17(28)14-7-21-25-24-14)1-2-15(13)30-12-3-4-20-16(6-12)23-18(29)26-8-11(27)9-26;1-2-3-9-4-6-10(8-11)7-5-9/h1-7,11,27H,8-9H2,(H,22,28)(H,20,23,29)(H,21,24,25);4-7H,2-3H2,1H3. The van der Waals surface area contributed by atoms with Crippen molar-refractivity contribution in [3.8, 4) is 17.6 Å². The highest BCUT2D eigenvalue weighted by Crippen LogP contribution is 2.28. The summed E-state index contributed by atoms with van der Waals surface area (Å²) in [7, 11) is 0. The Kier molecular flexibility index (Phi) is 9.53. The number of urea groups is 1. The number of carbonyl (C=O) groups excluding carboxylic acids is 2. The number of aryl methyl sites for hydroxylation is 1. The van der Waals surface area contributed by atoms with Gasteiger partial charge in [0.25, 0.3) is 5.91 Å². The van der Waals surface area contributed by atoms with Gasteiger partial charge in [-0.05, 0) is 42.3 Å². The molecule has 1 saturated heterocycles. The molecule has 12 nitrogen and oxygen atoms in total. The lowest BCUT2D eigenvalue weighted by atomic mass is 10.1. The molecule has 41 heavy (non-hydrogen) atoms. The van der Waals surface area contributed by atoms with E-state index in [1.807, 2.05) is 24.3 Å². The average Bonchev–Trinajstić information content (AvgIpc) is 3.50. The average molecular weight is 559 g/mol. The van der Waals surface area contributed by atoms with Gasteiger partial charge < -0.3 is 20.1 Å². The zero-order valence-corrected chi connectivity index (χ0v) is 22.0. The Bertz CT molecular complexity index is 1520. The second-order valence-corrected chi connectivity index (χ2v) is 8.98. The highest BCUT2D eigenvalue weighted by Gasteiger charge is 2.29. The lowest BCUT2D eigenvalue weighted by Crippen LogP contribution is -2.54. The van der Waals surface area contributed by atoms with Crippen molar-refractivity contribution in [3.63, 3.8) is 0 Å². The molecule has 4 aromatic rings. The smallest absolute Gasteiger partial charge is 0.323 e. The number of anilines is 2. The molecule has 1 aliphatic rings. The third kappa shape index (κ3) is 8.07. The van der Waals surface area contributed by atoms with Crippen LogP contribution in [0.25, 0.3) is 0 Å². The van der Waals surface area contributed by atoms with E-state index in [0.717, 1.165) is 24.5 Å². The van der Waals surface area contributed by atoms with Crippen LogP contribution in [0, 0.1) is 17.1 Å². The maximum atomic E-state index is 14.4. The Balaban J connectivity index is 0.000000296. The minimum Gasteiger partial charge on any atom is -0.454 e. The van der Waals surface area contributed by atoms with Gasteiger partial charge in [-0.25, -0.2) is 14.2 Å². The van der Waals surface area contributed by atoms with Crippen LogP contribution in [-0.2, 0) is 6.42 Å². The number of halogens is 1. The highest BCUT2D eigenvalue weighted by atomic mass is 19.1. The summed E-state index contributed by atoms with van der Waals surface area (Å²) in [5.41, 5.74) is 2.33. The molecule has 0 radical (unpaired) electrons. The van der Waals surface area contributed by atoms with Crippen LogP contribution in [0.5, 0.6) is 11.5 Å². The predicted molar refractivity (Wildman–Crippen MR) is 147 cm³/mol.